The van der Waals surface area contributed by atoms with Crippen LogP contribution in [0.3, 0.4) is 0 Å². The van der Waals surface area contributed by atoms with Crippen molar-refractivity contribution in [2.75, 3.05) is 0 Å². The van der Waals surface area contributed by atoms with Crippen LogP contribution in [0.2, 0.25) is 0 Å². The molecule has 1 radical (unpaired) electrons. The van der Waals surface area contributed by atoms with Crippen molar-refractivity contribution in [2.24, 2.45) is 0 Å². The van der Waals surface area contributed by atoms with Crippen LogP contribution in [0.1, 0.15) is 27.8 Å². The van der Waals surface area contributed by atoms with Crippen LogP contribution in [-0.4, -0.2) is 10.2 Å². The predicted octanol–water partition coefficient (Wildman–Crippen LogP) is 1.49. The van der Waals surface area contributed by atoms with E-state index in [4.69, 9.17) is 0 Å². The van der Waals surface area contributed by atoms with Crippen LogP contribution in [-0.2, 0) is 0 Å². The third-order valence-electron chi connectivity index (χ3n) is 3.16. The molecule has 12 heavy (non-hydrogen) atoms. The molecule has 0 nitrogen and oxygen atoms in total. The van der Waals surface area contributed by atoms with Gasteiger partial charge in [-0.15, -0.1) is 0 Å². The van der Waals surface area contributed by atoms with E-state index in [0.29, 0.717) is 0 Å². The van der Waals surface area contributed by atoms with Gasteiger partial charge in [-0.05, 0) is 62.4 Å². The molecule has 0 atom stereocenters. The van der Waals surface area contributed by atoms with Crippen LogP contribution < -0.4 is 5.19 Å². The van der Waals surface area contributed by atoms with Crippen molar-refractivity contribution in [2.45, 2.75) is 34.6 Å². The first-order valence-corrected chi connectivity index (χ1v) is 5.06. The van der Waals surface area contributed by atoms with Gasteiger partial charge in [0.05, 0.1) is 0 Å². The Morgan fingerprint density at radius 1 is 0.583 bits per heavy atom. The molecule has 0 amide bonds. The van der Waals surface area contributed by atoms with E-state index in [2.05, 4.69) is 34.6 Å². The van der Waals surface area contributed by atoms with E-state index in [-0.39, 0.29) is 0 Å². The monoisotopic (exact) mass is 177 g/mol. The second-order valence-electron chi connectivity index (χ2n) is 3.60. The van der Waals surface area contributed by atoms with Crippen molar-refractivity contribution < 1.29 is 0 Å². The van der Waals surface area contributed by atoms with Crippen LogP contribution in [0, 0.1) is 34.6 Å². The van der Waals surface area contributed by atoms with Crippen LogP contribution in [0.5, 0.6) is 0 Å². The third-order valence-corrected chi connectivity index (χ3v) is 4.22. The first-order valence-electron chi connectivity index (χ1n) is 4.35. The molecule has 0 saturated carbocycles. The lowest BCUT2D eigenvalue weighted by Gasteiger charge is -2.15. The molecule has 65 valence electrons. The topological polar surface area (TPSA) is 0 Å². The number of hydrogen-bond donors (Lipinski definition) is 0. The van der Waals surface area contributed by atoms with E-state index in [1.54, 1.807) is 0 Å². The lowest BCUT2D eigenvalue weighted by atomic mass is 9.95. The molecule has 0 fully saturated rings. The zero-order chi connectivity index (χ0) is 9.46. The third kappa shape index (κ3) is 1.22. The maximum atomic E-state index is 2.22. The minimum Gasteiger partial charge on any atom is -0.0635 e. The van der Waals surface area contributed by atoms with E-state index in [9.17, 15) is 0 Å². The molecule has 0 heterocycles. The normalized spacial score (nSPS) is 10.5. The highest BCUT2D eigenvalue weighted by Gasteiger charge is 2.07. The SMILES string of the molecule is Cc1c(C)c(C)c([SiH2])c(C)c1C. The number of rotatable bonds is 0. The fourth-order valence-electron chi connectivity index (χ4n) is 1.58. The highest BCUT2D eigenvalue weighted by atomic mass is 28.1. The number of benzene rings is 1. The Bertz CT molecular complexity index is 219. The van der Waals surface area contributed by atoms with E-state index < -0.39 is 0 Å². The molecular weight excluding hydrogens is 160 g/mol. The Hall–Kier alpha value is -0.563. The van der Waals surface area contributed by atoms with Crippen molar-refractivity contribution >= 4 is 15.4 Å². The summed E-state index contributed by atoms with van der Waals surface area (Å²) in [5.41, 5.74) is 7.31. The Morgan fingerprint density at radius 3 is 1.17 bits per heavy atom. The average molecular weight is 177 g/mol. The van der Waals surface area contributed by atoms with Crippen molar-refractivity contribution in [3.8, 4) is 0 Å². The molecular formula is C11H17Si. The van der Waals surface area contributed by atoms with E-state index >= 15 is 0 Å². The second-order valence-corrected chi connectivity index (χ2v) is 4.31. The molecule has 0 saturated heterocycles. The van der Waals surface area contributed by atoms with Gasteiger partial charge in [0.1, 0.15) is 0 Å². The highest BCUT2D eigenvalue weighted by molar-refractivity contribution is 6.34. The summed E-state index contributed by atoms with van der Waals surface area (Å²) < 4.78 is 0. The minimum absolute atomic E-state index is 1.46. The molecule has 1 heteroatoms. The smallest absolute Gasteiger partial charge is 0.0484 e. The quantitative estimate of drug-likeness (QED) is 0.527. The van der Waals surface area contributed by atoms with Gasteiger partial charge in [0.2, 0.25) is 0 Å². The molecule has 0 unspecified atom stereocenters. The molecule has 0 aliphatic carbocycles. The average Bonchev–Trinajstić information content (AvgIpc) is 2.08. The highest BCUT2D eigenvalue weighted by Crippen LogP contribution is 2.17. The predicted molar refractivity (Wildman–Crippen MR) is 58.3 cm³/mol. The van der Waals surface area contributed by atoms with E-state index in [1.165, 1.54) is 33.0 Å². The van der Waals surface area contributed by atoms with Gasteiger partial charge >= 0.3 is 0 Å². The van der Waals surface area contributed by atoms with Gasteiger partial charge in [-0.1, -0.05) is 5.19 Å². The van der Waals surface area contributed by atoms with Gasteiger partial charge in [-0.3, -0.25) is 0 Å². The summed E-state index contributed by atoms with van der Waals surface area (Å²) in [4.78, 5) is 0. The largest absolute Gasteiger partial charge is 0.0635 e. The van der Waals surface area contributed by atoms with Gasteiger partial charge in [-0.25, -0.2) is 0 Å². The Labute approximate surface area is 78.4 Å². The van der Waals surface area contributed by atoms with Crippen molar-refractivity contribution in [3.63, 3.8) is 0 Å². The molecule has 1 rings (SSSR count). The van der Waals surface area contributed by atoms with Crippen molar-refractivity contribution in [1.29, 1.82) is 0 Å². The van der Waals surface area contributed by atoms with Gasteiger partial charge in [0, 0.05) is 10.2 Å². The van der Waals surface area contributed by atoms with Crippen LogP contribution >= 0.6 is 0 Å². The summed E-state index contributed by atoms with van der Waals surface area (Å²) in [6, 6.07) is 0. The van der Waals surface area contributed by atoms with Gasteiger partial charge in [0.25, 0.3) is 0 Å². The standard InChI is InChI=1S/C11H17Si/c1-6-7(2)9(4)11(12)10(5)8(6)3/h12H2,1-5H3. The zero-order valence-electron chi connectivity index (χ0n) is 8.71. The van der Waals surface area contributed by atoms with Gasteiger partial charge < -0.3 is 0 Å². The fraction of sp³-hybridized carbons (Fsp3) is 0.455. The maximum Gasteiger partial charge on any atom is 0.0484 e. The van der Waals surface area contributed by atoms with Crippen LogP contribution in [0.4, 0.5) is 0 Å². The molecule has 0 aromatic heterocycles. The Morgan fingerprint density at radius 2 is 0.833 bits per heavy atom. The first-order chi connectivity index (χ1) is 5.46. The molecule has 1 aromatic carbocycles. The fourth-order valence-corrected chi connectivity index (χ4v) is 2.11. The Balaban J connectivity index is 3.60. The number of hydrogen-bond acceptors (Lipinski definition) is 0. The van der Waals surface area contributed by atoms with Crippen molar-refractivity contribution in [1.82, 2.24) is 0 Å². The summed E-state index contributed by atoms with van der Waals surface area (Å²) in [7, 11) is 2.00. The second kappa shape index (κ2) is 3.06. The van der Waals surface area contributed by atoms with Crippen LogP contribution in [0.15, 0.2) is 0 Å². The summed E-state index contributed by atoms with van der Waals surface area (Å²) in [5, 5.41) is 1.48. The summed E-state index contributed by atoms with van der Waals surface area (Å²) in [6.07, 6.45) is 0. The lowest BCUT2D eigenvalue weighted by Crippen LogP contribution is -2.16. The molecule has 0 aliphatic heterocycles. The summed E-state index contributed by atoms with van der Waals surface area (Å²) in [6.45, 7) is 11.1. The molecule has 0 spiro atoms. The summed E-state index contributed by atoms with van der Waals surface area (Å²) in [5.74, 6) is 0. The molecule has 1 aromatic rings. The summed E-state index contributed by atoms with van der Waals surface area (Å²) >= 11 is 0. The van der Waals surface area contributed by atoms with Gasteiger partial charge in [0.15, 0.2) is 0 Å². The zero-order valence-corrected chi connectivity index (χ0v) is 10.1. The van der Waals surface area contributed by atoms with Gasteiger partial charge in [-0.2, -0.15) is 0 Å². The lowest BCUT2D eigenvalue weighted by molar-refractivity contribution is 1.20. The van der Waals surface area contributed by atoms with Crippen molar-refractivity contribution in [3.05, 3.63) is 27.8 Å². The van der Waals surface area contributed by atoms with E-state index in [0.717, 1.165) is 0 Å². The van der Waals surface area contributed by atoms with E-state index in [1.807, 2.05) is 10.2 Å². The first kappa shape index (κ1) is 9.52. The maximum absolute atomic E-state index is 2.22. The Kier molecular flexibility index (Phi) is 2.43. The molecule has 0 N–H and O–H groups in total. The van der Waals surface area contributed by atoms with Crippen LogP contribution in [0.25, 0.3) is 0 Å². The molecule has 0 bridgehead atoms. The minimum atomic E-state index is 1.46. The molecule has 0 aliphatic rings.